The molecule has 0 aromatic carbocycles. The SMILES string of the molecule is O=C1O[C@@H]2[C@H]3C[C@H]([C@H](Br)[C@@H]3Br)[C@@H]2O1. The molecule has 5 heteroatoms. The number of rotatable bonds is 0. The van der Waals surface area contributed by atoms with E-state index < -0.39 is 6.16 Å². The highest BCUT2D eigenvalue weighted by Crippen LogP contribution is 2.55. The summed E-state index contributed by atoms with van der Waals surface area (Å²) in [7, 11) is 0. The predicted molar refractivity (Wildman–Crippen MR) is 52.2 cm³/mol. The Morgan fingerprint density at radius 1 is 1.08 bits per heavy atom. The molecule has 1 heterocycles. The molecule has 3 fully saturated rings. The maximum Gasteiger partial charge on any atom is 0.509 e. The van der Waals surface area contributed by atoms with Crippen molar-refractivity contribution in [3.63, 3.8) is 0 Å². The Hall–Kier alpha value is 0.230. The number of carbonyl (C=O) groups is 1. The van der Waals surface area contributed by atoms with Gasteiger partial charge in [-0.15, -0.1) is 0 Å². The molecule has 3 aliphatic rings. The van der Waals surface area contributed by atoms with Crippen LogP contribution in [-0.4, -0.2) is 28.0 Å². The van der Waals surface area contributed by atoms with E-state index in [1.165, 1.54) is 0 Å². The van der Waals surface area contributed by atoms with E-state index in [2.05, 4.69) is 31.9 Å². The fourth-order valence-corrected chi connectivity index (χ4v) is 4.54. The molecule has 2 aliphatic carbocycles. The van der Waals surface area contributed by atoms with Crippen molar-refractivity contribution in [1.29, 1.82) is 0 Å². The summed E-state index contributed by atoms with van der Waals surface area (Å²) in [6, 6.07) is 0. The summed E-state index contributed by atoms with van der Waals surface area (Å²) in [5.41, 5.74) is 0. The van der Waals surface area contributed by atoms with Gasteiger partial charge in [-0.1, -0.05) is 31.9 Å². The van der Waals surface area contributed by atoms with E-state index in [0.29, 0.717) is 21.5 Å². The molecule has 72 valence electrons. The molecule has 3 rings (SSSR count). The van der Waals surface area contributed by atoms with Crippen LogP contribution in [-0.2, 0) is 9.47 Å². The topological polar surface area (TPSA) is 35.5 Å². The first-order chi connectivity index (χ1) is 6.18. The van der Waals surface area contributed by atoms with E-state index in [1.807, 2.05) is 0 Å². The number of hydrogen-bond acceptors (Lipinski definition) is 3. The zero-order valence-corrected chi connectivity index (χ0v) is 9.82. The maximum atomic E-state index is 10.9. The highest BCUT2D eigenvalue weighted by atomic mass is 79.9. The van der Waals surface area contributed by atoms with Crippen molar-refractivity contribution in [3.05, 3.63) is 0 Å². The molecule has 1 aliphatic heterocycles. The first-order valence-electron chi connectivity index (χ1n) is 4.34. The summed E-state index contributed by atoms with van der Waals surface area (Å²) < 4.78 is 10.3. The Morgan fingerprint density at radius 3 is 2.00 bits per heavy atom. The van der Waals surface area contributed by atoms with Crippen molar-refractivity contribution in [1.82, 2.24) is 0 Å². The third kappa shape index (κ3) is 0.975. The minimum Gasteiger partial charge on any atom is -0.427 e. The lowest BCUT2D eigenvalue weighted by Crippen LogP contribution is -2.41. The van der Waals surface area contributed by atoms with Gasteiger partial charge in [0.05, 0.1) is 0 Å². The van der Waals surface area contributed by atoms with Crippen LogP contribution in [0.25, 0.3) is 0 Å². The number of fused-ring (bicyclic) bond motifs is 5. The van der Waals surface area contributed by atoms with Gasteiger partial charge in [-0.3, -0.25) is 0 Å². The second kappa shape index (κ2) is 2.63. The van der Waals surface area contributed by atoms with Gasteiger partial charge in [0.2, 0.25) is 0 Å². The van der Waals surface area contributed by atoms with Crippen LogP contribution >= 0.6 is 31.9 Å². The van der Waals surface area contributed by atoms with Crippen LogP contribution in [0.4, 0.5) is 4.79 Å². The van der Waals surface area contributed by atoms with E-state index in [4.69, 9.17) is 9.47 Å². The second-order valence-electron chi connectivity index (χ2n) is 3.87. The molecule has 0 amide bonds. The number of carbonyl (C=O) groups excluding carboxylic acids is 1. The summed E-state index contributed by atoms with van der Waals surface area (Å²) in [6.45, 7) is 0. The van der Waals surface area contributed by atoms with Crippen molar-refractivity contribution in [2.75, 3.05) is 0 Å². The Labute approximate surface area is 92.4 Å². The largest absolute Gasteiger partial charge is 0.509 e. The molecule has 1 saturated heterocycles. The first-order valence-corrected chi connectivity index (χ1v) is 6.17. The summed E-state index contributed by atoms with van der Waals surface area (Å²) in [4.78, 5) is 11.7. The third-order valence-electron chi connectivity index (χ3n) is 3.30. The van der Waals surface area contributed by atoms with Crippen molar-refractivity contribution >= 4 is 38.0 Å². The van der Waals surface area contributed by atoms with Gasteiger partial charge in [0.15, 0.2) is 0 Å². The average Bonchev–Trinajstić information content (AvgIpc) is 2.64. The number of halogens is 2. The lowest BCUT2D eigenvalue weighted by Gasteiger charge is -2.28. The summed E-state index contributed by atoms with van der Waals surface area (Å²) in [6.07, 6.45) is 0.589. The fourth-order valence-electron chi connectivity index (χ4n) is 2.72. The minimum absolute atomic E-state index is 0.00400. The van der Waals surface area contributed by atoms with Gasteiger partial charge in [-0.05, 0) is 6.42 Å². The molecule has 2 bridgehead atoms. The molecule has 0 aromatic heterocycles. The molecule has 0 unspecified atom stereocenters. The zero-order chi connectivity index (χ0) is 9.16. The van der Waals surface area contributed by atoms with Crippen LogP contribution in [0.5, 0.6) is 0 Å². The molecule has 0 radical (unpaired) electrons. The maximum absolute atomic E-state index is 10.9. The fraction of sp³-hybridized carbons (Fsp3) is 0.875. The van der Waals surface area contributed by atoms with Crippen LogP contribution in [0.1, 0.15) is 6.42 Å². The molecule has 0 N–H and O–H groups in total. The Balaban J connectivity index is 1.92. The normalized spacial score (nSPS) is 57.5. The summed E-state index contributed by atoms with van der Waals surface area (Å²) >= 11 is 7.25. The van der Waals surface area contributed by atoms with Gasteiger partial charge in [0.25, 0.3) is 0 Å². The standard InChI is InChI=1S/C8H8Br2O3/c9-4-2-1-3(5(4)10)7-6(2)12-8(11)13-7/h2-7H,1H2/t2-,3+,4+,5-,6+,7-. The molecular formula is C8H8Br2O3. The Morgan fingerprint density at radius 2 is 1.54 bits per heavy atom. The average molecular weight is 312 g/mol. The molecule has 6 atom stereocenters. The van der Waals surface area contributed by atoms with Gasteiger partial charge < -0.3 is 9.47 Å². The lowest BCUT2D eigenvalue weighted by atomic mass is 9.95. The lowest BCUT2D eigenvalue weighted by molar-refractivity contribution is 0.101. The molecule has 0 spiro atoms. The van der Waals surface area contributed by atoms with Crippen LogP contribution in [0, 0.1) is 11.8 Å². The monoisotopic (exact) mass is 310 g/mol. The van der Waals surface area contributed by atoms with Crippen LogP contribution in [0.3, 0.4) is 0 Å². The van der Waals surface area contributed by atoms with Gasteiger partial charge in [0.1, 0.15) is 12.2 Å². The Kier molecular flexibility index (Phi) is 1.72. The van der Waals surface area contributed by atoms with E-state index >= 15 is 0 Å². The van der Waals surface area contributed by atoms with Gasteiger partial charge in [-0.25, -0.2) is 4.79 Å². The van der Waals surface area contributed by atoms with E-state index in [-0.39, 0.29) is 12.2 Å². The predicted octanol–water partition coefficient (Wildman–Crippen LogP) is 2.07. The second-order valence-corrected chi connectivity index (χ2v) is 5.98. The summed E-state index contributed by atoms with van der Waals surface area (Å²) in [5, 5.41) is 0. The molecule has 2 saturated carbocycles. The minimum atomic E-state index is -0.494. The summed E-state index contributed by atoms with van der Waals surface area (Å²) in [5.74, 6) is 0.844. The molecule has 0 aromatic rings. The zero-order valence-electron chi connectivity index (χ0n) is 6.65. The third-order valence-corrected chi connectivity index (χ3v) is 6.51. The number of hydrogen-bond donors (Lipinski definition) is 0. The van der Waals surface area contributed by atoms with Gasteiger partial charge >= 0.3 is 6.16 Å². The van der Waals surface area contributed by atoms with Crippen molar-refractivity contribution in [2.24, 2.45) is 11.8 Å². The molecule has 3 nitrogen and oxygen atoms in total. The van der Waals surface area contributed by atoms with Crippen LogP contribution in [0.15, 0.2) is 0 Å². The first kappa shape index (κ1) is 8.53. The van der Waals surface area contributed by atoms with Gasteiger partial charge in [-0.2, -0.15) is 0 Å². The molecule has 13 heavy (non-hydrogen) atoms. The van der Waals surface area contributed by atoms with Gasteiger partial charge in [0, 0.05) is 21.5 Å². The smallest absolute Gasteiger partial charge is 0.427 e. The highest BCUT2D eigenvalue weighted by Gasteiger charge is 2.63. The van der Waals surface area contributed by atoms with E-state index in [0.717, 1.165) is 6.42 Å². The van der Waals surface area contributed by atoms with Crippen LogP contribution < -0.4 is 0 Å². The Bertz CT molecular complexity index is 246. The number of alkyl halides is 2. The molecular weight excluding hydrogens is 304 g/mol. The van der Waals surface area contributed by atoms with Crippen molar-refractivity contribution < 1.29 is 14.3 Å². The quantitative estimate of drug-likeness (QED) is 0.507. The number of ether oxygens (including phenoxy) is 2. The highest BCUT2D eigenvalue weighted by molar-refractivity contribution is 9.12. The van der Waals surface area contributed by atoms with Crippen molar-refractivity contribution in [3.8, 4) is 0 Å². The van der Waals surface area contributed by atoms with Crippen molar-refractivity contribution in [2.45, 2.75) is 28.3 Å². The van der Waals surface area contributed by atoms with E-state index in [9.17, 15) is 4.79 Å². The van der Waals surface area contributed by atoms with E-state index in [1.54, 1.807) is 0 Å². The van der Waals surface area contributed by atoms with Crippen LogP contribution in [0.2, 0.25) is 0 Å².